The smallest absolute Gasteiger partial charge is 0.0593 e. The Hall–Kier alpha value is -0.900. The van der Waals surface area contributed by atoms with Crippen LogP contribution in [-0.2, 0) is 14.9 Å². The first-order valence-electron chi connectivity index (χ1n) is 6.99. The van der Waals surface area contributed by atoms with Gasteiger partial charge in [0.25, 0.3) is 0 Å². The molecule has 3 heteroatoms. The fraction of sp³-hybridized carbons (Fsp3) is 0.625. The highest BCUT2D eigenvalue weighted by molar-refractivity contribution is 5.44. The molecule has 2 aliphatic rings. The van der Waals surface area contributed by atoms with Gasteiger partial charge in [0, 0.05) is 12.0 Å². The fourth-order valence-electron chi connectivity index (χ4n) is 3.47. The maximum absolute atomic E-state index is 6.08. The molecule has 0 spiro atoms. The van der Waals surface area contributed by atoms with Crippen molar-refractivity contribution in [1.82, 2.24) is 0 Å². The Morgan fingerprint density at radius 1 is 0.947 bits per heavy atom. The minimum atomic E-state index is 0.0581. The lowest BCUT2D eigenvalue weighted by Gasteiger charge is -2.59. The predicted molar refractivity (Wildman–Crippen MR) is 75.5 cm³/mol. The average Bonchev–Trinajstić information content (AvgIpc) is 2.26. The van der Waals surface area contributed by atoms with Crippen LogP contribution in [0, 0.1) is 26.2 Å². The zero-order valence-electron chi connectivity index (χ0n) is 12.1. The van der Waals surface area contributed by atoms with Crippen LogP contribution in [0.4, 0.5) is 0 Å². The van der Waals surface area contributed by atoms with E-state index < -0.39 is 0 Å². The van der Waals surface area contributed by atoms with E-state index in [0.717, 1.165) is 26.4 Å². The van der Waals surface area contributed by atoms with Gasteiger partial charge in [-0.3, -0.25) is 0 Å². The van der Waals surface area contributed by atoms with E-state index in [9.17, 15) is 0 Å². The predicted octanol–water partition coefficient (Wildman–Crippen LogP) is 1.86. The van der Waals surface area contributed by atoms with Crippen LogP contribution in [0.5, 0.6) is 0 Å². The Labute approximate surface area is 115 Å². The van der Waals surface area contributed by atoms with Gasteiger partial charge in [-0.2, -0.15) is 0 Å². The Balaban J connectivity index is 2.10. The molecule has 3 rings (SSSR count). The molecule has 0 radical (unpaired) electrons. The largest absolute Gasteiger partial charge is 0.380 e. The minimum Gasteiger partial charge on any atom is -0.380 e. The summed E-state index contributed by atoms with van der Waals surface area (Å²) < 4.78 is 11.1. The fourth-order valence-corrected chi connectivity index (χ4v) is 3.47. The van der Waals surface area contributed by atoms with Crippen LogP contribution in [0.1, 0.15) is 22.3 Å². The molecule has 2 aliphatic heterocycles. The molecule has 0 amide bonds. The summed E-state index contributed by atoms with van der Waals surface area (Å²) in [6.45, 7) is 10.3. The van der Waals surface area contributed by atoms with Crippen molar-refractivity contribution < 1.29 is 9.47 Å². The third-order valence-electron chi connectivity index (χ3n) is 5.22. The first kappa shape index (κ1) is 13.1. The zero-order valence-corrected chi connectivity index (χ0v) is 12.1. The standard InChI is InChI=1S/C16H23NO2/c1-11-4-13(3)14(5-12(11)2)16(9-19-10-16)15(6-17)7-18-8-15/h4-5H,6-10,17H2,1-3H3. The number of ether oxygens (including phenoxy) is 2. The van der Waals surface area contributed by atoms with Crippen LogP contribution in [-0.4, -0.2) is 33.0 Å². The van der Waals surface area contributed by atoms with E-state index in [1.54, 1.807) is 0 Å². The summed E-state index contributed by atoms with van der Waals surface area (Å²) in [5.74, 6) is 0. The molecule has 3 nitrogen and oxygen atoms in total. The van der Waals surface area contributed by atoms with Crippen molar-refractivity contribution in [2.24, 2.45) is 11.1 Å². The number of hydrogen-bond donors (Lipinski definition) is 1. The highest BCUT2D eigenvalue weighted by Gasteiger charge is 2.60. The molecular weight excluding hydrogens is 238 g/mol. The van der Waals surface area contributed by atoms with Crippen LogP contribution in [0.3, 0.4) is 0 Å². The first-order valence-corrected chi connectivity index (χ1v) is 6.99. The van der Waals surface area contributed by atoms with Gasteiger partial charge in [0.15, 0.2) is 0 Å². The van der Waals surface area contributed by atoms with Crippen molar-refractivity contribution in [1.29, 1.82) is 0 Å². The van der Waals surface area contributed by atoms with Crippen molar-refractivity contribution in [2.75, 3.05) is 33.0 Å². The second-order valence-electron chi connectivity index (χ2n) is 6.30. The molecule has 2 N–H and O–H groups in total. The number of hydrogen-bond acceptors (Lipinski definition) is 3. The maximum atomic E-state index is 6.08. The number of nitrogens with two attached hydrogens (primary N) is 1. The lowest BCUT2D eigenvalue weighted by Crippen LogP contribution is -2.69. The van der Waals surface area contributed by atoms with Gasteiger partial charge >= 0.3 is 0 Å². The average molecular weight is 261 g/mol. The molecule has 19 heavy (non-hydrogen) atoms. The normalized spacial score (nSPS) is 23.6. The number of benzene rings is 1. The third kappa shape index (κ3) is 1.62. The molecule has 2 saturated heterocycles. The monoisotopic (exact) mass is 261 g/mol. The molecule has 0 bridgehead atoms. The van der Waals surface area contributed by atoms with Gasteiger partial charge in [0.1, 0.15) is 0 Å². The van der Waals surface area contributed by atoms with Crippen molar-refractivity contribution >= 4 is 0 Å². The van der Waals surface area contributed by atoms with E-state index in [1.165, 1.54) is 22.3 Å². The van der Waals surface area contributed by atoms with Crippen LogP contribution in [0.2, 0.25) is 0 Å². The van der Waals surface area contributed by atoms with E-state index in [4.69, 9.17) is 15.2 Å². The van der Waals surface area contributed by atoms with Crippen molar-refractivity contribution in [3.8, 4) is 0 Å². The quantitative estimate of drug-likeness (QED) is 0.903. The second-order valence-corrected chi connectivity index (χ2v) is 6.30. The lowest BCUT2D eigenvalue weighted by molar-refractivity contribution is -0.224. The molecule has 1 aromatic rings. The van der Waals surface area contributed by atoms with Crippen LogP contribution in [0.25, 0.3) is 0 Å². The molecule has 0 atom stereocenters. The van der Waals surface area contributed by atoms with E-state index in [2.05, 4.69) is 32.9 Å². The SMILES string of the molecule is Cc1cc(C)c(C2(C3(CN)COC3)COC2)cc1C. The first-order chi connectivity index (χ1) is 9.05. The van der Waals surface area contributed by atoms with Crippen LogP contribution >= 0.6 is 0 Å². The van der Waals surface area contributed by atoms with E-state index in [-0.39, 0.29) is 10.8 Å². The highest BCUT2D eigenvalue weighted by atomic mass is 16.5. The summed E-state index contributed by atoms with van der Waals surface area (Å²) in [6.07, 6.45) is 0. The highest BCUT2D eigenvalue weighted by Crippen LogP contribution is 2.52. The van der Waals surface area contributed by atoms with Crippen LogP contribution < -0.4 is 5.73 Å². The van der Waals surface area contributed by atoms with Crippen molar-refractivity contribution in [3.63, 3.8) is 0 Å². The minimum absolute atomic E-state index is 0.0581. The zero-order chi connectivity index (χ0) is 13.7. The van der Waals surface area contributed by atoms with Gasteiger partial charge in [0.2, 0.25) is 0 Å². The third-order valence-corrected chi connectivity index (χ3v) is 5.22. The van der Waals surface area contributed by atoms with Gasteiger partial charge in [-0.05, 0) is 43.0 Å². The maximum Gasteiger partial charge on any atom is 0.0593 e. The Bertz CT molecular complexity index is 496. The summed E-state index contributed by atoms with van der Waals surface area (Å²) in [6, 6.07) is 4.62. The summed E-state index contributed by atoms with van der Waals surface area (Å²) in [7, 11) is 0. The summed E-state index contributed by atoms with van der Waals surface area (Å²) in [4.78, 5) is 0. The van der Waals surface area contributed by atoms with Crippen LogP contribution in [0.15, 0.2) is 12.1 Å². The Morgan fingerprint density at radius 2 is 1.53 bits per heavy atom. The number of aryl methyl sites for hydroxylation is 3. The van der Waals surface area contributed by atoms with Gasteiger partial charge in [0.05, 0.1) is 31.8 Å². The van der Waals surface area contributed by atoms with Gasteiger partial charge in [-0.15, -0.1) is 0 Å². The Kier molecular flexibility index (Phi) is 2.97. The number of rotatable bonds is 3. The molecular formula is C16H23NO2. The van der Waals surface area contributed by atoms with E-state index >= 15 is 0 Å². The molecule has 2 fully saturated rings. The van der Waals surface area contributed by atoms with E-state index in [1.807, 2.05) is 0 Å². The van der Waals surface area contributed by atoms with Crippen molar-refractivity contribution in [2.45, 2.75) is 26.2 Å². The molecule has 0 aliphatic carbocycles. The van der Waals surface area contributed by atoms with Gasteiger partial charge in [-0.1, -0.05) is 12.1 Å². The lowest BCUT2D eigenvalue weighted by atomic mass is 9.56. The molecule has 0 saturated carbocycles. The summed E-state index contributed by atoms with van der Waals surface area (Å²) in [5.41, 5.74) is 11.7. The van der Waals surface area contributed by atoms with Gasteiger partial charge in [-0.25, -0.2) is 0 Å². The second kappa shape index (κ2) is 4.30. The molecule has 1 aromatic carbocycles. The molecule has 2 heterocycles. The molecule has 104 valence electrons. The molecule has 0 unspecified atom stereocenters. The molecule has 0 aromatic heterocycles. The Morgan fingerprint density at radius 3 is 1.95 bits per heavy atom. The van der Waals surface area contributed by atoms with Gasteiger partial charge < -0.3 is 15.2 Å². The van der Waals surface area contributed by atoms with Crippen molar-refractivity contribution in [3.05, 3.63) is 34.4 Å². The summed E-state index contributed by atoms with van der Waals surface area (Å²) in [5, 5.41) is 0. The topological polar surface area (TPSA) is 44.5 Å². The summed E-state index contributed by atoms with van der Waals surface area (Å²) >= 11 is 0. The van der Waals surface area contributed by atoms with E-state index in [0.29, 0.717) is 6.54 Å².